The maximum Gasteiger partial charge on any atom is 0.242 e. The highest BCUT2D eigenvalue weighted by atomic mass is 32.2. The Morgan fingerprint density at radius 3 is 2.68 bits per heavy atom. The summed E-state index contributed by atoms with van der Waals surface area (Å²) in [6.45, 7) is 1.75. The Morgan fingerprint density at radius 1 is 1.42 bits per heavy atom. The van der Waals surface area contributed by atoms with Gasteiger partial charge >= 0.3 is 0 Å². The van der Waals surface area contributed by atoms with Gasteiger partial charge in [-0.1, -0.05) is 19.3 Å². The Balaban J connectivity index is 2.03. The monoisotopic (exact) mass is 286 g/mol. The van der Waals surface area contributed by atoms with Gasteiger partial charge in [-0.15, -0.1) is 0 Å². The molecule has 19 heavy (non-hydrogen) atoms. The Bertz CT molecular complexity index is 504. The number of rotatable bonds is 5. The van der Waals surface area contributed by atoms with Crippen molar-refractivity contribution >= 4 is 10.0 Å². The normalized spacial score (nSPS) is 19.5. The highest BCUT2D eigenvalue weighted by molar-refractivity contribution is 7.89. The highest BCUT2D eigenvalue weighted by Gasteiger charge is 2.25. The van der Waals surface area contributed by atoms with Crippen LogP contribution >= 0.6 is 0 Å². The number of aliphatic hydroxyl groups is 1. The Labute approximate surface area is 114 Å². The third-order valence-electron chi connectivity index (χ3n) is 3.89. The maximum absolute atomic E-state index is 12.2. The first kappa shape index (κ1) is 14.6. The van der Waals surface area contributed by atoms with E-state index in [-0.39, 0.29) is 17.5 Å². The number of hydrogen-bond acceptors (Lipinski definition) is 3. The number of H-pyrrole nitrogens is 1. The summed E-state index contributed by atoms with van der Waals surface area (Å²) in [5.41, 5.74) is 0.505. The molecule has 1 unspecified atom stereocenters. The van der Waals surface area contributed by atoms with Gasteiger partial charge < -0.3 is 10.1 Å². The van der Waals surface area contributed by atoms with Crippen LogP contribution in [-0.2, 0) is 16.6 Å². The number of aromatic amines is 1. The van der Waals surface area contributed by atoms with Crippen molar-refractivity contribution in [2.75, 3.05) is 0 Å². The van der Waals surface area contributed by atoms with Crippen LogP contribution in [0.2, 0.25) is 0 Å². The van der Waals surface area contributed by atoms with E-state index in [1.165, 1.54) is 31.5 Å². The van der Waals surface area contributed by atoms with Crippen LogP contribution in [0.25, 0.3) is 0 Å². The van der Waals surface area contributed by atoms with Gasteiger partial charge in [-0.2, -0.15) is 0 Å². The number of hydrogen-bond donors (Lipinski definition) is 3. The molecule has 0 radical (unpaired) electrons. The third kappa shape index (κ3) is 3.58. The molecule has 1 fully saturated rings. The van der Waals surface area contributed by atoms with E-state index in [9.17, 15) is 8.42 Å². The summed E-state index contributed by atoms with van der Waals surface area (Å²) in [6.07, 6.45) is 7.25. The van der Waals surface area contributed by atoms with Gasteiger partial charge in [0.15, 0.2) is 0 Å². The molecule has 0 saturated heterocycles. The van der Waals surface area contributed by atoms with Gasteiger partial charge in [0.25, 0.3) is 0 Å². The lowest BCUT2D eigenvalue weighted by Crippen LogP contribution is -2.38. The van der Waals surface area contributed by atoms with Crippen LogP contribution < -0.4 is 4.72 Å². The van der Waals surface area contributed by atoms with Gasteiger partial charge in [0.2, 0.25) is 10.0 Å². The van der Waals surface area contributed by atoms with Crippen molar-refractivity contribution in [1.82, 2.24) is 9.71 Å². The average molecular weight is 286 g/mol. The molecular formula is C13H22N2O3S. The second kappa shape index (κ2) is 6.07. The summed E-state index contributed by atoms with van der Waals surface area (Å²) in [5, 5.41) is 8.96. The predicted molar refractivity (Wildman–Crippen MR) is 73.1 cm³/mol. The van der Waals surface area contributed by atoms with Crippen molar-refractivity contribution in [3.63, 3.8) is 0 Å². The molecule has 3 N–H and O–H groups in total. The average Bonchev–Trinajstić information content (AvgIpc) is 2.89. The van der Waals surface area contributed by atoms with E-state index in [2.05, 4.69) is 9.71 Å². The van der Waals surface area contributed by atoms with E-state index in [0.717, 1.165) is 12.8 Å². The molecule has 0 spiro atoms. The van der Waals surface area contributed by atoms with Crippen molar-refractivity contribution < 1.29 is 13.5 Å². The van der Waals surface area contributed by atoms with E-state index in [1.54, 1.807) is 0 Å². The minimum atomic E-state index is -3.49. The molecule has 0 aromatic carbocycles. The third-order valence-corrected chi connectivity index (χ3v) is 5.43. The van der Waals surface area contributed by atoms with Crippen LogP contribution in [0, 0.1) is 5.92 Å². The fraction of sp³-hybridized carbons (Fsp3) is 0.692. The van der Waals surface area contributed by atoms with Crippen LogP contribution in [-0.4, -0.2) is 24.6 Å². The van der Waals surface area contributed by atoms with E-state index in [1.807, 2.05) is 6.92 Å². The summed E-state index contributed by atoms with van der Waals surface area (Å²) in [5.74, 6) is 0.430. The SMILES string of the molecule is CC(NS(=O)(=O)c1c[nH]c(CO)c1)C1CCCCC1. The molecule has 5 nitrogen and oxygen atoms in total. The summed E-state index contributed by atoms with van der Waals surface area (Å²) in [7, 11) is -3.49. The molecule has 6 heteroatoms. The van der Waals surface area contributed by atoms with Crippen molar-refractivity contribution in [2.45, 2.75) is 56.6 Å². The van der Waals surface area contributed by atoms with Gasteiger partial charge in [0.1, 0.15) is 0 Å². The number of nitrogens with one attached hydrogen (secondary N) is 2. The molecule has 0 aliphatic heterocycles. The minimum absolute atomic E-state index is 0.0437. The van der Waals surface area contributed by atoms with Crippen LogP contribution in [0.4, 0.5) is 0 Å². The van der Waals surface area contributed by atoms with Crippen molar-refractivity contribution in [2.24, 2.45) is 5.92 Å². The number of aromatic nitrogens is 1. The lowest BCUT2D eigenvalue weighted by molar-refractivity contribution is 0.277. The van der Waals surface area contributed by atoms with Crippen LogP contribution in [0.1, 0.15) is 44.7 Å². The first-order chi connectivity index (χ1) is 9.03. The van der Waals surface area contributed by atoms with Gasteiger partial charge in [-0.25, -0.2) is 13.1 Å². The van der Waals surface area contributed by atoms with Crippen molar-refractivity contribution in [3.05, 3.63) is 18.0 Å². The highest BCUT2D eigenvalue weighted by Crippen LogP contribution is 2.27. The van der Waals surface area contributed by atoms with Crippen molar-refractivity contribution in [3.8, 4) is 0 Å². The second-order valence-electron chi connectivity index (χ2n) is 5.33. The molecule has 1 aromatic heterocycles. The molecule has 1 aliphatic carbocycles. The summed E-state index contributed by atoms with van der Waals surface area (Å²) in [6, 6.07) is 1.42. The molecule has 1 aromatic rings. The quantitative estimate of drug-likeness (QED) is 0.771. The Morgan fingerprint density at radius 2 is 2.11 bits per heavy atom. The van der Waals surface area contributed by atoms with E-state index >= 15 is 0 Å². The molecule has 2 rings (SSSR count). The lowest BCUT2D eigenvalue weighted by Gasteiger charge is -2.27. The van der Waals surface area contributed by atoms with Gasteiger partial charge in [0, 0.05) is 17.9 Å². The van der Waals surface area contributed by atoms with E-state index in [4.69, 9.17) is 5.11 Å². The number of sulfonamides is 1. The fourth-order valence-electron chi connectivity index (χ4n) is 2.71. The summed E-state index contributed by atoms with van der Waals surface area (Å²) < 4.78 is 27.2. The maximum atomic E-state index is 12.2. The van der Waals surface area contributed by atoms with E-state index < -0.39 is 10.0 Å². The molecule has 108 valence electrons. The molecule has 1 saturated carbocycles. The Kier molecular flexibility index (Phi) is 4.65. The Hall–Kier alpha value is -0.850. The van der Waals surface area contributed by atoms with Crippen LogP contribution in [0.15, 0.2) is 17.2 Å². The molecule has 1 atom stereocenters. The number of aliphatic hydroxyl groups excluding tert-OH is 1. The standard InChI is InChI=1S/C13H22N2O3S/c1-10(11-5-3-2-4-6-11)15-19(17,18)13-7-12(9-16)14-8-13/h7-8,10-11,14-16H,2-6,9H2,1H3. The molecule has 0 bridgehead atoms. The minimum Gasteiger partial charge on any atom is -0.390 e. The van der Waals surface area contributed by atoms with Gasteiger partial charge in [0.05, 0.1) is 11.5 Å². The zero-order chi connectivity index (χ0) is 13.9. The zero-order valence-electron chi connectivity index (χ0n) is 11.2. The first-order valence-corrected chi connectivity index (χ1v) is 8.32. The smallest absolute Gasteiger partial charge is 0.242 e. The van der Waals surface area contributed by atoms with Gasteiger partial charge in [-0.05, 0) is 31.7 Å². The van der Waals surface area contributed by atoms with Gasteiger partial charge in [-0.3, -0.25) is 0 Å². The summed E-state index contributed by atoms with van der Waals surface area (Å²) >= 11 is 0. The second-order valence-corrected chi connectivity index (χ2v) is 7.04. The molecular weight excluding hydrogens is 264 g/mol. The predicted octanol–water partition coefficient (Wildman–Crippen LogP) is 1.75. The topological polar surface area (TPSA) is 82.2 Å². The summed E-state index contributed by atoms with van der Waals surface area (Å²) in [4.78, 5) is 2.94. The lowest BCUT2D eigenvalue weighted by atomic mass is 9.85. The molecule has 0 amide bonds. The van der Waals surface area contributed by atoms with E-state index in [0.29, 0.717) is 11.6 Å². The largest absolute Gasteiger partial charge is 0.390 e. The fourth-order valence-corrected chi connectivity index (χ4v) is 4.04. The molecule has 1 aliphatic rings. The van der Waals surface area contributed by atoms with Crippen LogP contribution in [0.3, 0.4) is 0 Å². The van der Waals surface area contributed by atoms with Crippen molar-refractivity contribution in [1.29, 1.82) is 0 Å². The zero-order valence-corrected chi connectivity index (χ0v) is 12.0. The van der Waals surface area contributed by atoms with Crippen LogP contribution in [0.5, 0.6) is 0 Å². The first-order valence-electron chi connectivity index (χ1n) is 6.83. The molecule has 1 heterocycles.